The molecule has 2 aliphatic rings. The van der Waals surface area contributed by atoms with Crippen LogP contribution in [0.1, 0.15) is 42.3 Å². The summed E-state index contributed by atoms with van der Waals surface area (Å²) in [6.07, 6.45) is 11.8. The monoisotopic (exact) mass is 501 g/mol. The molecule has 0 N–H and O–H groups in total. The zero-order chi connectivity index (χ0) is 26.8. The Bertz CT molecular complexity index is 1080. The number of nitrogens with zero attached hydrogens (tertiary/aromatic N) is 5. The molecule has 2 fully saturated rings. The van der Waals surface area contributed by atoms with Gasteiger partial charge in [0.2, 0.25) is 0 Å². The Labute approximate surface area is 223 Å². The van der Waals surface area contributed by atoms with Crippen molar-refractivity contribution in [1.82, 2.24) is 19.6 Å². The summed E-state index contributed by atoms with van der Waals surface area (Å²) in [5.74, 6) is 1.10. The molecule has 2 saturated heterocycles. The minimum atomic E-state index is 0.132. The number of aliphatic imine (C=N–C) groups is 1. The summed E-state index contributed by atoms with van der Waals surface area (Å²) >= 11 is 0. The number of carbonyl (C=O) groups is 1. The molecule has 2 heterocycles. The lowest BCUT2D eigenvalue weighted by Gasteiger charge is -2.37. The van der Waals surface area contributed by atoms with Gasteiger partial charge in [0.15, 0.2) is 0 Å². The molecule has 0 saturated carbocycles. The standard InChI is InChI=1S/C31H43N5O/c1-7-10-11-28(9-3)34-19-21-36(22-20-34)31(37)29-23-27(13-12-26(29)6)24-33-15-17-35(18-16-33)30(25(4)5)32-14-8-2/h7-14,23H,3-4,15-22,24H2,1-2,5-6H3/b10-7-,14-8-,28-11+,32-30?. The average Bonchev–Trinajstić information content (AvgIpc) is 2.91. The second kappa shape index (κ2) is 13.8. The molecule has 37 heavy (non-hydrogen) atoms. The lowest BCUT2D eigenvalue weighted by Crippen LogP contribution is -2.48. The third kappa shape index (κ3) is 7.56. The topological polar surface area (TPSA) is 42.4 Å². The fraction of sp³-hybridized carbons (Fsp3) is 0.419. The number of allylic oxidation sites excluding steroid dienone is 5. The average molecular weight is 502 g/mol. The molecule has 1 aromatic rings. The number of benzene rings is 1. The Morgan fingerprint density at radius 2 is 1.62 bits per heavy atom. The van der Waals surface area contributed by atoms with E-state index < -0.39 is 0 Å². The highest BCUT2D eigenvalue weighted by Gasteiger charge is 2.25. The molecule has 198 valence electrons. The Morgan fingerprint density at radius 3 is 2.22 bits per heavy atom. The van der Waals surface area contributed by atoms with E-state index in [1.54, 1.807) is 0 Å². The molecule has 1 aromatic carbocycles. The molecule has 1 amide bonds. The van der Waals surface area contributed by atoms with E-state index in [1.807, 2.05) is 63.1 Å². The number of hydrogen-bond donors (Lipinski definition) is 0. The molecule has 6 heteroatoms. The summed E-state index contributed by atoms with van der Waals surface area (Å²) in [5, 5.41) is 0. The number of amides is 1. The Hall–Kier alpha value is -3.38. The lowest BCUT2D eigenvalue weighted by molar-refractivity contribution is 0.0671. The van der Waals surface area contributed by atoms with Crippen molar-refractivity contribution < 1.29 is 4.79 Å². The van der Waals surface area contributed by atoms with E-state index in [9.17, 15) is 4.79 Å². The SMILES string of the molecule is C=C/C(=C\C=C/C)N1CCN(C(=O)c2cc(CN3CCN(C(=N/C=C\C)C(=C)C)CC3)ccc2C)CC1. The van der Waals surface area contributed by atoms with Crippen LogP contribution in [-0.2, 0) is 6.54 Å². The summed E-state index contributed by atoms with van der Waals surface area (Å²) in [6, 6.07) is 6.35. The van der Waals surface area contributed by atoms with Crippen molar-refractivity contribution in [2.75, 3.05) is 52.4 Å². The van der Waals surface area contributed by atoms with Crippen LogP contribution < -0.4 is 0 Å². The fourth-order valence-corrected chi connectivity index (χ4v) is 4.82. The van der Waals surface area contributed by atoms with Crippen LogP contribution in [0.3, 0.4) is 0 Å². The van der Waals surface area contributed by atoms with E-state index >= 15 is 0 Å². The van der Waals surface area contributed by atoms with Crippen molar-refractivity contribution in [3.8, 4) is 0 Å². The summed E-state index contributed by atoms with van der Waals surface area (Å²) in [7, 11) is 0. The Balaban J connectivity index is 1.60. The summed E-state index contributed by atoms with van der Waals surface area (Å²) < 4.78 is 0. The van der Waals surface area contributed by atoms with Crippen LogP contribution in [0.5, 0.6) is 0 Å². The van der Waals surface area contributed by atoms with Gasteiger partial charge in [0.1, 0.15) is 5.84 Å². The van der Waals surface area contributed by atoms with Crippen LogP contribution >= 0.6 is 0 Å². The Kier molecular flexibility index (Phi) is 10.5. The number of aryl methyl sites for hydroxylation is 1. The zero-order valence-electron chi connectivity index (χ0n) is 23.1. The van der Waals surface area contributed by atoms with Crippen molar-refractivity contribution in [2.45, 2.75) is 34.2 Å². The van der Waals surface area contributed by atoms with Gasteiger partial charge in [0.25, 0.3) is 5.91 Å². The highest BCUT2D eigenvalue weighted by atomic mass is 16.2. The van der Waals surface area contributed by atoms with E-state index in [-0.39, 0.29) is 5.91 Å². The molecule has 2 aliphatic heterocycles. The largest absolute Gasteiger partial charge is 0.368 e. The smallest absolute Gasteiger partial charge is 0.254 e. The van der Waals surface area contributed by atoms with Gasteiger partial charge in [-0.15, -0.1) is 0 Å². The highest BCUT2D eigenvalue weighted by Crippen LogP contribution is 2.19. The first-order valence-electron chi connectivity index (χ1n) is 13.3. The molecule has 0 atom stereocenters. The first-order chi connectivity index (χ1) is 17.9. The highest BCUT2D eigenvalue weighted by molar-refractivity contribution is 5.97. The number of hydrogen-bond acceptors (Lipinski definition) is 4. The van der Waals surface area contributed by atoms with Gasteiger partial charge < -0.3 is 14.7 Å². The van der Waals surface area contributed by atoms with E-state index in [0.29, 0.717) is 13.1 Å². The molecule has 3 rings (SSSR count). The van der Waals surface area contributed by atoms with Gasteiger partial charge in [-0.3, -0.25) is 9.69 Å². The molecule has 0 unspecified atom stereocenters. The number of carbonyl (C=O) groups excluding carboxylic acids is 1. The molecule has 6 nitrogen and oxygen atoms in total. The predicted octanol–water partition coefficient (Wildman–Crippen LogP) is 5.02. The van der Waals surface area contributed by atoms with Crippen molar-refractivity contribution in [1.29, 1.82) is 0 Å². The maximum Gasteiger partial charge on any atom is 0.254 e. The van der Waals surface area contributed by atoms with Crippen molar-refractivity contribution in [2.24, 2.45) is 4.99 Å². The van der Waals surface area contributed by atoms with Crippen molar-refractivity contribution in [3.63, 3.8) is 0 Å². The number of amidine groups is 1. The van der Waals surface area contributed by atoms with Gasteiger partial charge in [0, 0.05) is 76.4 Å². The quantitative estimate of drug-likeness (QED) is 0.285. The fourth-order valence-electron chi connectivity index (χ4n) is 4.82. The van der Waals surface area contributed by atoms with Gasteiger partial charge in [-0.25, -0.2) is 4.99 Å². The van der Waals surface area contributed by atoms with E-state index in [4.69, 9.17) is 0 Å². The second-order valence-electron chi connectivity index (χ2n) is 9.73. The van der Waals surface area contributed by atoms with Crippen LogP contribution in [-0.4, -0.2) is 83.7 Å². The zero-order valence-corrected chi connectivity index (χ0v) is 23.1. The van der Waals surface area contributed by atoms with Crippen LogP contribution in [0, 0.1) is 6.92 Å². The molecular weight excluding hydrogens is 458 g/mol. The molecular formula is C31H43N5O. The maximum absolute atomic E-state index is 13.5. The molecule has 0 aromatic heterocycles. The first kappa shape index (κ1) is 28.2. The van der Waals surface area contributed by atoms with Gasteiger partial charge in [-0.05, 0) is 62.6 Å². The van der Waals surface area contributed by atoms with Gasteiger partial charge in [-0.2, -0.15) is 0 Å². The summed E-state index contributed by atoms with van der Waals surface area (Å²) in [4.78, 5) is 27.1. The Morgan fingerprint density at radius 1 is 0.973 bits per heavy atom. The van der Waals surface area contributed by atoms with Crippen LogP contribution in [0.15, 0.2) is 84.2 Å². The first-order valence-corrected chi connectivity index (χ1v) is 13.3. The molecule has 0 bridgehead atoms. The lowest BCUT2D eigenvalue weighted by atomic mass is 10.0. The normalized spacial score (nSPS) is 18.2. The minimum absolute atomic E-state index is 0.132. The minimum Gasteiger partial charge on any atom is -0.368 e. The number of piperazine rings is 2. The second-order valence-corrected chi connectivity index (χ2v) is 9.73. The third-order valence-corrected chi connectivity index (χ3v) is 6.94. The van der Waals surface area contributed by atoms with Crippen LogP contribution in [0.4, 0.5) is 0 Å². The summed E-state index contributed by atoms with van der Waals surface area (Å²) in [5.41, 5.74) is 5.13. The molecule has 0 aliphatic carbocycles. The molecule has 0 spiro atoms. The van der Waals surface area contributed by atoms with Crippen molar-refractivity contribution in [3.05, 3.63) is 95.9 Å². The van der Waals surface area contributed by atoms with Gasteiger partial charge in [0.05, 0.1) is 0 Å². The van der Waals surface area contributed by atoms with Gasteiger partial charge >= 0.3 is 0 Å². The molecule has 0 radical (unpaired) electrons. The van der Waals surface area contributed by atoms with E-state index in [2.05, 4.69) is 57.1 Å². The maximum atomic E-state index is 13.5. The van der Waals surface area contributed by atoms with E-state index in [1.165, 1.54) is 5.56 Å². The van der Waals surface area contributed by atoms with Gasteiger partial charge in [-0.1, -0.05) is 43.5 Å². The predicted molar refractivity (Wildman–Crippen MR) is 156 cm³/mol. The van der Waals surface area contributed by atoms with Crippen molar-refractivity contribution >= 4 is 11.7 Å². The van der Waals surface area contributed by atoms with Crippen LogP contribution in [0.2, 0.25) is 0 Å². The van der Waals surface area contributed by atoms with Crippen LogP contribution in [0.25, 0.3) is 0 Å². The summed E-state index contributed by atoms with van der Waals surface area (Å²) in [6.45, 7) is 23.7. The van der Waals surface area contributed by atoms with E-state index in [0.717, 1.165) is 74.0 Å². The number of rotatable bonds is 8. The third-order valence-electron chi connectivity index (χ3n) is 6.94.